The van der Waals surface area contributed by atoms with Crippen LogP contribution in [0.4, 0.5) is 11.8 Å². The van der Waals surface area contributed by atoms with E-state index in [1.807, 2.05) is 12.1 Å². The summed E-state index contributed by atoms with van der Waals surface area (Å²) in [6.45, 7) is 2.18. The van der Waals surface area contributed by atoms with Crippen LogP contribution in [0.1, 0.15) is 21.7 Å². The number of aryl methyl sites for hydroxylation is 1. The molecule has 0 aliphatic carbocycles. The Morgan fingerprint density at radius 3 is 2.74 bits per heavy atom. The van der Waals surface area contributed by atoms with E-state index in [0.29, 0.717) is 29.6 Å². The first-order valence-electron chi connectivity index (χ1n) is 6.90. The maximum absolute atomic E-state index is 12.0. The minimum Gasteiger partial charge on any atom is -0.360 e. The molecule has 0 spiro atoms. The van der Waals surface area contributed by atoms with Gasteiger partial charge in [0.25, 0.3) is 5.91 Å². The molecule has 8 nitrogen and oxygen atoms in total. The summed E-state index contributed by atoms with van der Waals surface area (Å²) < 4.78 is 4.94. The highest BCUT2D eigenvalue weighted by molar-refractivity contribution is 5.93. The van der Waals surface area contributed by atoms with Gasteiger partial charge in [-0.1, -0.05) is 11.2 Å². The quantitative estimate of drug-likeness (QED) is 0.740. The number of nitrogens with zero attached hydrogens (tertiary/aromatic N) is 4. The van der Waals surface area contributed by atoms with Gasteiger partial charge in [-0.05, 0) is 18.6 Å². The third-order valence-corrected chi connectivity index (χ3v) is 2.96. The van der Waals surface area contributed by atoms with E-state index in [0.717, 1.165) is 5.56 Å². The third kappa shape index (κ3) is 3.88. The summed E-state index contributed by atoms with van der Waals surface area (Å²) in [4.78, 5) is 24.2. The minimum atomic E-state index is -0.252. The zero-order valence-corrected chi connectivity index (χ0v) is 12.4. The number of pyridine rings is 1. The normalized spacial score (nSPS) is 10.3. The van der Waals surface area contributed by atoms with Gasteiger partial charge in [-0.3, -0.25) is 9.78 Å². The molecular weight excluding hydrogens is 296 g/mol. The van der Waals surface area contributed by atoms with Crippen molar-refractivity contribution in [3.05, 3.63) is 59.9 Å². The molecule has 3 aromatic rings. The van der Waals surface area contributed by atoms with Gasteiger partial charge in [0.15, 0.2) is 5.82 Å². The molecule has 2 N–H and O–H groups in total. The molecule has 1 amide bonds. The molecule has 0 fully saturated rings. The fourth-order valence-corrected chi connectivity index (χ4v) is 1.84. The van der Waals surface area contributed by atoms with E-state index in [4.69, 9.17) is 4.52 Å². The summed E-state index contributed by atoms with van der Waals surface area (Å²) in [7, 11) is 0. The van der Waals surface area contributed by atoms with Crippen LogP contribution in [0.5, 0.6) is 0 Å². The number of hydrogen-bond donors (Lipinski definition) is 2. The van der Waals surface area contributed by atoms with Crippen LogP contribution in [0.3, 0.4) is 0 Å². The molecule has 3 rings (SSSR count). The highest BCUT2D eigenvalue weighted by Gasteiger charge is 2.08. The van der Waals surface area contributed by atoms with Crippen LogP contribution < -0.4 is 10.6 Å². The molecule has 0 unspecified atom stereocenters. The number of nitrogens with one attached hydrogen (secondary N) is 2. The predicted octanol–water partition coefficient (Wildman–Crippen LogP) is 1.84. The molecule has 0 aliphatic heterocycles. The van der Waals surface area contributed by atoms with E-state index < -0.39 is 0 Å². The van der Waals surface area contributed by atoms with Crippen LogP contribution in [-0.4, -0.2) is 26.0 Å². The first kappa shape index (κ1) is 14.6. The Labute approximate surface area is 132 Å². The predicted molar refractivity (Wildman–Crippen MR) is 82.0 cm³/mol. The monoisotopic (exact) mass is 310 g/mol. The SMILES string of the molecule is Cc1cc(Nc2ncc(C(=O)NCc3cccnc3)cn2)no1. The topological polar surface area (TPSA) is 106 Å². The Hall–Kier alpha value is -3.29. The number of carbonyl (C=O) groups excluding carboxylic acids is 1. The lowest BCUT2D eigenvalue weighted by Crippen LogP contribution is -2.23. The Morgan fingerprint density at radius 1 is 1.26 bits per heavy atom. The fraction of sp³-hybridized carbons (Fsp3) is 0.133. The molecule has 3 aromatic heterocycles. The fourth-order valence-electron chi connectivity index (χ4n) is 1.84. The first-order chi connectivity index (χ1) is 11.2. The van der Waals surface area contributed by atoms with Crippen LogP contribution in [0.2, 0.25) is 0 Å². The van der Waals surface area contributed by atoms with E-state index >= 15 is 0 Å². The molecule has 0 radical (unpaired) electrons. The summed E-state index contributed by atoms with van der Waals surface area (Å²) in [5.41, 5.74) is 1.29. The van der Waals surface area contributed by atoms with Gasteiger partial charge in [0.05, 0.1) is 5.56 Å². The molecule has 0 saturated carbocycles. The van der Waals surface area contributed by atoms with Crippen LogP contribution >= 0.6 is 0 Å². The van der Waals surface area contributed by atoms with Gasteiger partial charge in [-0.15, -0.1) is 0 Å². The Balaban J connectivity index is 1.59. The molecule has 0 aliphatic rings. The zero-order chi connectivity index (χ0) is 16.1. The second kappa shape index (κ2) is 6.65. The molecule has 0 atom stereocenters. The van der Waals surface area contributed by atoms with E-state index in [-0.39, 0.29) is 5.91 Å². The van der Waals surface area contributed by atoms with Gasteiger partial charge in [0, 0.05) is 37.4 Å². The maximum atomic E-state index is 12.0. The van der Waals surface area contributed by atoms with Crippen LogP contribution in [0.25, 0.3) is 0 Å². The molecule has 3 heterocycles. The van der Waals surface area contributed by atoms with E-state index in [1.54, 1.807) is 25.4 Å². The van der Waals surface area contributed by atoms with Crippen molar-refractivity contribution in [2.24, 2.45) is 0 Å². The average Bonchev–Trinajstić information content (AvgIpc) is 2.99. The summed E-state index contributed by atoms with van der Waals surface area (Å²) in [6.07, 6.45) is 6.27. The van der Waals surface area contributed by atoms with Crippen molar-refractivity contribution >= 4 is 17.7 Å². The molecule has 0 saturated heterocycles. The Morgan fingerprint density at radius 2 is 2.09 bits per heavy atom. The maximum Gasteiger partial charge on any atom is 0.254 e. The van der Waals surface area contributed by atoms with Crippen LogP contribution in [0, 0.1) is 6.92 Å². The van der Waals surface area contributed by atoms with Crippen molar-refractivity contribution in [1.29, 1.82) is 0 Å². The second-order valence-corrected chi connectivity index (χ2v) is 4.79. The van der Waals surface area contributed by atoms with E-state index in [1.165, 1.54) is 12.4 Å². The van der Waals surface area contributed by atoms with E-state index in [9.17, 15) is 4.79 Å². The Kier molecular flexibility index (Phi) is 4.23. The second-order valence-electron chi connectivity index (χ2n) is 4.79. The van der Waals surface area contributed by atoms with Gasteiger partial charge >= 0.3 is 0 Å². The number of rotatable bonds is 5. The minimum absolute atomic E-state index is 0.252. The van der Waals surface area contributed by atoms with Crippen LogP contribution in [-0.2, 0) is 6.54 Å². The average molecular weight is 310 g/mol. The number of amides is 1. The number of hydrogen-bond acceptors (Lipinski definition) is 7. The summed E-state index contributed by atoms with van der Waals surface area (Å²) in [5.74, 6) is 1.27. The number of anilines is 2. The Bertz CT molecular complexity index is 785. The molecule has 0 aromatic carbocycles. The summed E-state index contributed by atoms with van der Waals surface area (Å²) >= 11 is 0. The van der Waals surface area contributed by atoms with Gasteiger partial charge in [0.2, 0.25) is 5.95 Å². The first-order valence-corrected chi connectivity index (χ1v) is 6.90. The van der Waals surface area contributed by atoms with Crippen molar-refractivity contribution < 1.29 is 9.32 Å². The van der Waals surface area contributed by atoms with Crippen LogP contribution in [0.15, 0.2) is 47.5 Å². The van der Waals surface area contributed by atoms with Crippen molar-refractivity contribution in [1.82, 2.24) is 25.4 Å². The summed E-state index contributed by atoms with van der Waals surface area (Å²) in [5, 5.41) is 9.44. The molecule has 8 heteroatoms. The van der Waals surface area contributed by atoms with Gasteiger partial charge in [-0.2, -0.15) is 0 Å². The third-order valence-electron chi connectivity index (χ3n) is 2.96. The lowest BCUT2D eigenvalue weighted by Gasteiger charge is -2.05. The highest BCUT2D eigenvalue weighted by atomic mass is 16.5. The molecular formula is C15H14N6O2. The molecule has 0 bridgehead atoms. The van der Waals surface area contributed by atoms with Gasteiger partial charge in [-0.25, -0.2) is 9.97 Å². The van der Waals surface area contributed by atoms with E-state index in [2.05, 4.69) is 30.7 Å². The standard InChI is InChI=1S/C15H14N6O2/c1-10-5-13(21-23-10)20-15-18-8-12(9-19-15)14(22)17-7-11-3-2-4-16-6-11/h2-6,8-9H,7H2,1H3,(H,17,22)(H,18,19,20,21). The largest absolute Gasteiger partial charge is 0.360 e. The summed E-state index contributed by atoms with van der Waals surface area (Å²) in [6, 6.07) is 5.42. The highest BCUT2D eigenvalue weighted by Crippen LogP contribution is 2.12. The number of aromatic nitrogens is 4. The van der Waals surface area contributed by atoms with Crippen molar-refractivity contribution in [2.45, 2.75) is 13.5 Å². The molecule has 23 heavy (non-hydrogen) atoms. The smallest absolute Gasteiger partial charge is 0.254 e. The van der Waals surface area contributed by atoms with Crippen molar-refractivity contribution in [3.63, 3.8) is 0 Å². The lowest BCUT2D eigenvalue weighted by atomic mass is 10.2. The van der Waals surface area contributed by atoms with Crippen molar-refractivity contribution in [2.75, 3.05) is 5.32 Å². The number of carbonyl (C=O) groups is 1. The zero-order valence-electron chi connectivity index (χ0n) is 12.4. The van der Waals surface area contributed by atoms with Gasteiger partial charge in [0.1, 0.15) is 5.76 Å². The van der Waals surface area contributed by atoms with Crippen molar-refractivity contribution in [3.8, 4) is 0 Å². The lowest BCUT2D eigenvalue weighted by molar-refractivity contribution is 0.0950. The molecule has 116 valence electrons. The van der Waals surface area contributed by atoms with Gasteiger partial charge < -0.3 is 15.2 Å².